The summed E-state index contributed by atoms with van der Waals surface area (Å²) < 4.78 is 0.939. The first-order valence-corrected chi connectivity index (χ1v) is 7.38. The Morgan fingerprint density at radius 1 is 1.00 bits per heavy atom. The molecule has 0 aromatic heterocycles. The largest absolute Gasteiger partial charge is 0.384 e. The van der Waals surface area contributed by atoms with Crippen molar-refractivity contribution < 1.29 is 5.11 Å². The van der Waals surface area contributed by atoms with E-state index in [2.05, 4.69) is 41.9 Å². The van der Waals surface area contributed by atoms with Gasteiger partial charge in [-0.15, -0.1) is 0 Å². The highest BCUT2D eigenvalue weighted by atomic mass is 79.9. The SMILES string of the molecule is CC(C)Cc1ccc(C(O)c2ccccc2Br)cc1. The van der Waals surface area contributed by atoms with Gasteiger partial charge in [0, 0.05) is 4.47 Å². The van der Waals surface area contributed by atoms with E-state index in [1.807, 2.05) is 36.4 Å². The number of hydrogen-bond donors (Lipinski definition) is 1. The standard InChI is InChI=1S/C17H19BrO/c1-12(2)11-13-7-9-14(10-8-13)17(19)15-5-3-4-6-16(15)18/h3-10,12,17,19H,11H2,1-2H3. The van der Waals surface area contributed by atoms with Crippen LogP contribution in [0.15, 0.2) is 53.0 Å². The van der Waals surface area contributed by atoms with Crippen LogP contribution in [0.2, 0.25) is 0 Å². The molecule has 0 fully saturated rings. The molecule has 1 unspecified atom stereocenters. The van der Waals surface area contributed by atoms with Gasteiger partial charge >= 0.3 is 0 Å². The van der Waals surface area contributed by atoms with E-state index in [0.29, 0.717) is 5.92 Å². The van der Waals surface area contributed by atoms with Crippen LogP contribution in [0.3, 0.4) is 0 Å². The van der Waals surface area contributed by atoms with Crippen LogP contribution in [0.25, 0.3) is 0 Å². The van der Waals surface area contributed by atoms with Crippen LogP contribution in [-0.2, 0) is 6.42 Å². The van der Waals surface area contributed by atoms with Gasteiger partial charge in [-0.1, -0.05) is 72.2 Å². The molecule has 1 N–H and O–H groups in total. The van der Waals surface area contributed by atoms with E-state index in [9.17, 15) is 5.11 Å². The number of aliphatic hydroxyl groups is 1. The molecule has 100 valence electrons. The zero-order chi connectivity index (χ0) is 13.8. The van der Waals surface area contributed by atoms with Crippen molar-refractivity contribution in [3.05, 3.63) is 69.7 Å². The predicted molar refractivity (Wildman–Crippen MR) is 83.2 cm³/mol. The molecule has 1 atom stereocenters. The second kappa shape index (κ2) is 6.36. The summed E-state index contributed by atoms with van der Waals surface area (Å²) in [5.41, 5.74) is 3.15. The Morgan fingerprint density at radius 2 is 1.63 bits per heavy atom. The molecule has 0 spiro atoms. The first kappa shape index (κ1) is 14.3. The monoisotopic (exact) mass is 318 g/mol. The first-order chi connectivity index (χ1) is 9.08. The highest BCUT2D eigenvalue weighted by Gasteiger charge is 2.13. The maximum Gasteiger partial charge on any atom is 0.105 e. The molecular weight excluding hydrogens is 300 g/mol. The first-order valence-electron chi connectivity index (χ1n) is 6.59. The molecule has 0 aliphatic carbocycles. The molecule has 1 nitrogen and oxygen atoms in total. The van der Waals surface area contributed by atoms with Gasteiger partial charge in [0.25, 0.3) is 0 Å². The zero-order valence-electron chi connectivity index (χ0n) is 11.3. The summed E-state index contributed by atoms with van der Waals surface area (Å²) >= 11 is 3.48. The van der Waals surface area contributed by atoms with Gasteiger partial charge in [0.1, 0.15) is 6.10 Å². The summed E-state index contributed by atoms with van der Waals surface area (Å²) in [6.07, 6.45) is 0.495. The third kappa shape index (κ3) is 3.68. The Labute approximate surface area is 123 Å². The molecule has 0 saturated carbocycles. The topological polar surface area (TPSA) is 20.2 Å². The summed E-state index contributed by atoms with van der Waals surface area (Å²) in [6.45, 7) is 4.42. The second-order valence-electron chi connectivity index (χ2n) is 5.26. The number of benzene rings is 2. The van der Waals surface area contributed by atoms with Gasteiger partial charge in [0.2, 0.25) is 0 Å². The molecule has 2 heteroatoms. The Balaban J connectivity index is 2.20. The van der Waals surface area contributed by atoms with E-state index in [4.69, 9.17) is 0 Å². The highest BCUT2D eigenvalue weighted by Crippen LogP contribution is 2.28. The maximum atomic E-state index is 10.4. The van der Waals surface area contributed by atoms with Crippen molar-refractivity contribution in [3.63, 3.8) is 0 Å². The quantitative estimate of drug-likeness (QED) is 0.864. The van der Waals surface area contributed by atoms with E-state index < -0.39 is 6.10 Å². The Bertz CT molecular complexity index is 531. The van der Waals surface area contributed by atoms with Crippen molar-refractivity contribution in [1.29, 1.82) is 0 Å². The highest BCUT2D eigenvalue weighted by molar-refractivity contribution is 9.10. The van der Waals surface area contributed by atoms with Crippen molar-refractivity contribution in [3.8, 4) is 0 Å². The van der Waals surface area contributed by atoms with Crippen LogP contribution in [0.1, 0.15) is 36.6 Å². The average molecular weight is 319 g/mol. The summed E-state index contributed by atoms with van der Waals surface area (Å²) in [5.74, 6) is 0.652. The molecule has 0 aliphatic rings. The Hall–Kier alpha value is -1.12. The fraction of sp³-hybridized carbons (Fsp3) is 0.294. The molecule has 2 aromatic carbocycles. The molecule has 0 heterocycles. The number of aliphatic hydroxyl groups excluding tert-OH is 1. The van der Waals surface area contributed by atoms with Gasteiger partial charge in [-0.05, 0) is 35.1 Å². The molecule has 0 saturated heterocycles. The number of halogens is 1. The average Bonchev–Trinajstić information content (AvgIpc) is 2.39. The maximum absolute atomic E-state index is 10.4. The molecular formula is C17H19BrO. The van der Waals surface area contributed by atoms with E-state index in [1.54, 1.807) is 0 Å². The molecule has 0 amide bonds. The normalized spacial score (nSPS) is 12.7. The molecule has 2 aromatic rings. The Kier molecular flexibility index (Phi) is 4.78. The summed E-state index contributed by atoms with van der Waals surface area (Å²) in [5, 5.41) is 10.4. The number of hydrogen-bond acceptors (Lipinski definition) is 1. The molecule has 0 aliphatic heterocycles. The lowest BCUT2D eigenvalue weighted by Gasteiger charge is -2.14. The minimum atomic E-state index is -0.580. The van der Waals surface area contributed by atoms with Crippen molar-refractivity contribution >= 4 is 15.9 Å². The molecule has 19 heavy (non-hydrogen) atoms. The predicted octanol–water partition coefficient (Wildman–Crippen LogP) is 4.73. The van der Waals surface area contributed by atoms with Gasteiger partial charge in [0.15, 0.2) is 0 Å². The third-order valence-electron chi connectivity index (χ3n) is 3.14. The molecule has 0 bridgehead atoms. The second-order valence-corrected chi connectivity index (χ2v) is 6.12. The zero-order valence-corrected chi connectivity index (χ0v) is 12.9. The smallest absolute Gasteiger partial charge is 0.105 e. The van der Waals surface area contributed by atoms with E-state index >= 15 is 0 Å². The van der Waals surface area contributed by atoms with E-state index in [-0.39, 0.29) is 0 Å². The summed E-state index contributed by atoms with van der Waals surface area (Å²) in [7, 11) is 0. The minimum Gasteiger partial charge on any atom is -0.384 e. The van der Waals surface area contributed by atoms with Crippen LogP contribution in [0, 0.1) is 5.92 Å². The van der Waals surface area contributed by atoms with Crippen LogP contribution in [0.4, 0.5) is 0 Å². The number of rotatable bonds is 4. The van der Waals surface area contributed by atoms with Crippen LogP contribution >= 0.6 is 15.9 Å². The van der Waals surface area contributed by atoms with Crippen LogP contribution in [-0.4, -0.2) is 5.11 Å². The third-order valence-corrected chi connectivity index (χ3v) is 3.86. The van der Waals surface area contributed by atoms with Gasteiger partial charge in [-0.25, -0.2) is 0 Å². The summed E-state index contributed by atoms with van der Waals surface area (Å²) in [6, 6.07) is 16.0. The van der Waals surface area contributed by atoms with Gasteiger partial charge in [-0.2, -0.15) is 0 Å². The van der Waals surface area contributed by atoms with Crippen LogP contribution in [0.5, 0.6) is 0 Å². The lowest BCUT2D eigenvalue weighted by Crippen LogP contribution is -2.01. The Morgan fingerprint density at radius 3 is 2.21 bits per heavy atom. The van der Waals surface area contributed by atoms with Crippen LogP contribution < -0.4 is 0 Å². The van der Waals surface area contributed by atoms with Crippen molar-refractivity contribution in [2.75, 3.05) is 0 Å². The van der Waals surface area contributed by atoms with Gasteiger partial charge < -0.3 is 5.11 Å². The van der Waals surface area contributed by atoms with E-state index in [0.717, 1.165) is 22.0 Å². The van der Waals surface area contributed by atoms with Crippen molar-refractivity contribution in [2.45, 2.75) is 26.4 Å². The van der Waals surface area contributed by atoms with Crippen molar-refractivity contribution in [1.82, 2.24) is 0 Å². The van der Waals surface area contributed by atoms with Gasteiger partial charge in [-0.3, -0.25) is 0 Å². The molecule has 0 radical (unpaired) electrons. The fourth-order valence-electron chi connectivity index (χ4n) is 2.18. The van der Waals surface area contributed by atoms with Gasteiger partial charge in [0.05, 0.1) is 0 Å². The fourth-order valence-corrected chi connectivity index (χ4v) is 2.69. The lowest BCUT2D eigenvalue weighted by atomic mass is 9.97. The van der Waals surface area contributed by atoms with E-state index in [1.165, 1.54) is 5.56 Å². The summed E-state index contributed by atoms with van der Waals surface area (Å²) in [4.78, 5) is 0. The minimum absolute atomic E-state index is 0.580. The van der Waals surface area contributed by atoms with Crippen molar-refractivity contribution in [2.24, 2.45) is 5.92 Å². The molecule has 2 rings (SSSR count). The lowest BCUT2D eigenvalue weighted by molar-refractivity contribution is 0.219.